The maximum atomic E-state index is 12.1. The van der Waals surface area contributed by atoms with E-state index in [0.717, 1.165) is 38.4 Å². The van der Waals surface area contributed by atoms with Gasteiger partial charge in [-0.15, -0.1) is 24.0 Å². The largest absolute Gasteiger partial charge is 0.355 e. The molecule has 0 unspecified atom stereocenters. The van der Waals surface area contributed by atoms with Crippen LogP contribution < -0.4 is 10.6 Å². The van der Waals surface area contributed by atoms with Gasteiger partial charge < -0.3 is 15.5 Å². The number of rotatable bonds is 10. The predicted octanol–water partition coefficient (Wildman–Crippen LogP) is 1.71. The van der Waals surface area contributed by atoms with E-state index in [2.05, 4.69) is 34.5 Å². The lowest BCUT2D eigenvalue weighted by Crippen LogP contribution is -2.50. The maximum absolute atomic E-state index is 12.1. The van der Waals surface area contributed by atoms with Gasteiger partial charge in [0.05, 0.1) is 5.75 Å². The van der Waals surface area contributed by atoms with Gasteiger partial charge in [0.25, 0.3) is 0 Å². The first kappa shape index (κ1) is 25.9. The third kappa shape index (κ3) is 9.70. The monoisotopic (exact) mass is 503 g/mol. The highest BCUT2D eigenvalue weighted by Gasteiger charge is 2.27. The van der Waals surface area contributed by atoms with E-state index in [-0.39, 0.29) is 35.8 Å². The van der Waals surface area contributed by atoms with Gasteiger partial charge in [-0.05, 0) is 39.3 Å². The van der Waals surface area contributed by atoms with E-state index in [1.807, 2.05) is 6.92 Å². The molecule has 26 heavy (non-hydrogen) atoms. The number of guanidine groups is 1. The third-order valence-corrected chi connectivity index (χ3v) is 6.63. The molecule has 0 bridgehead atoms. The van der Waals surface area contributed by atoms with E-state index in [0.29, 0.717) is 19.5 Å². The number of hydrogen-bond acceptors (Lipinski definition) is 4. The molecule has 1 fully saturated rings. The number of unbranched alkanes of at least 4 members (excludes halogenated alkanes) is 1. The molecular formula is C17H38IN5O2S. The molecule has 0 aliphatic carbocycles. The van der Waals surface area contributed by atoms with Gasteiger partial charge >= 0.3 is 0 Å². The number of hydrogen-bond donors (Lipinski definition) is 2. The van der Waals surface area contributed by atoms with Crippen molar-refractivity contribution in [2.75, 3.05) is 52.6 Å². The molecule has 1 saturated heterocycles. The zero-order valence-corrected chi connectivity index (χ0v) is 20.0. The quantitative estimate of drug-likeness (QED) is 0.270. The van der Waals surface area contributed by atoms with Gasteiger partial charge in [-0.2, -0.15) is 0 Å². The van der Waals surface area contributed by atoms with Crippen molar-refractivity contribution in [2.24, 2.45) is 4.99 Å². The zero-order valence-electron chi connectivity index (χ0n) is 16.8. The Kier molecular flexibility index (Phi) is 13.9. The van der Waals surface area contributed by atoms with E-state index in [1.54, 1.807) is 11.4 Å². The second-order valence-electron chi connectivity index (χ2n) is 6.79. The lowest BCUT2D eigenvalue weighted by Gasteiger charge is -2.32. The lowest BCUT2D eigenvalue weighted by molar-refractivity contribution is 0.305. The van der Waals surface area contributed by atoms with E-state index in [9.17, 15) is 8.42 Å². The molecule has 1 aliphatic heterocycles. The van der Waals surface area contributed by atoms with Crippen molar-refractivity contribution in [3.63, 3.8) is 0 Å². The maximum Gasteiger partial charge on any atom is 0.214 e. The summed E-state index contributed by atoms with van der Waals surface area (Å²) in [7, 11) is 0.845. The topological polar surface area (TPSA) is 77.0 Å². The third-order valence-electron chi connectivity index (χ3n) is 4.55. The van der Waals surface area contributed by atoms with Crippen molar-refractivity contribution in [1.29, 1.82) is 0 Å². The van der Waals surface area contributed by atoms with Crippen LogP contribution in [0.15, 0.2) is 4.99 Å². The summed E-state index contributed by atoms with van der Waals surface area (Å²) < 4.78 is 25.9. The zero-order chi connectivity index (χ0) is 18.7. The number of halogens is 1. The standard InChI is InChI=1S/C17H37N5O2S.HI/c1-5-7-11-21(4)14-10-19-17(18-3)20-16-8-12-22(13-9-16)25(23,24)15-6-2;/h16H,5-15H2,1-4H3,(H2,18,19,20);1H. The fourth-order valence-corrected chi connectivity index (χ4v) is 4.50. The first-order valence-corrected chi connectivity index (χ1v) is 11.2. The second kappa shape index (κ2) is 14.0. The van der Waals surface area contributed by atoms with Gasteiger partial charge in [-0.1, -0.05) is 20.3 Å². The Bertz CT molecular complexity index is 493. The van der Waals surface area contributed by atoms with Gasteiger partial charge in [-0.25, -0.2) is 12.7 Å². The Morgan fingerprint density at radius 3 is 2.38 bits per heavy atom. The minimum absolute atomic E-state index is 0. The van der Waals surface area contributed by atoms with Gasteiger partial charge in [0.15, 0.2) is 5.96 Å². The highest BCUT2D eigenvalue weighted by atomic mass is 127. The molecule has 0 amide bonds. The number of nitrogens with zero attached hydrogens (tertiary/aromatic N) is 3. The van der Waals surface area contributed by atoms with Crippen LogP contribution in [0.3, 0.4) is 0 Å². The minimum Gasteiger partial charge on any atom is -0.355 e. The first-order chi connectivity index (χ1) is 11.9. The summed E-state index contributed by atoms with van der Waals surface area (Å²) in [5.41, 5.74) is 0. The number of nitrogens with one attached hydrogen (secondary N) is 2. The van der Waals surface area contributed by atoms with Crippen molar-refractivity contribution in [3.05, 3.63) is 0 Å². The van der Waals surface area contributed by atoms with Gasteiger partial charge in [-0.3, -0.25) is 4.99 Å². The minimum atomic E-state index is -3.07. The van der Waals surface area contributed by atoms with Gasteiger partial charge in [0.2, 0.25) is 10.0 Å². The van der Waals surface area contributed by atoms with Gasteiger partial charge in [0.1, 0.15) is 0 Å². The van der Waals surface area contributed by atoms with E-state index >= 15 is 0 Å². The van der Waals surface area contributed by atoms with Crippen molar-refractivity contribution < 1.29 is 8.42 Å². The molecule has 0 spiro atoms. The molecule has 0 aromatic rings. The molecule has 0 saturated carbocycles. The average Bonchev–Trinajstić information content (AvgIpc) is 2.59. The predicted molar refractivity (Wildman–Crippen MR) is 121 cm³/mol. The fourth-order valence-electron chi connectivity index (χ4n) is 2.96. The Balaban J connectivity index is 0.00000625. The number of likely N-dealkylation sites (N-methyl/N-ethyl adjacent to an activating group) is 1. The van der Waals surface area contributed by atoms with E-state index in [1.165, 1.54) is 12.8 Å². The van der Waals surface area contributed by atoms with Crippen LogP contribution in [0, 0.1) is 0 Å². The molecule has 156 valence electrons. The summed E-state index contributed by atoms with van der Waals surface area (Å²) in [5, 5.41) is 6.78. The summed E-state index contributed by atoms with van der Waals surface area (Å²) in [5.74, 6) is 1.05. The van der Waals surface area contributed by atoms with E-state index in [4.69, 9.17) is 0 Å². The van der Waals surface area contributed by atoms with E-state index < -0.39 is 10.0 Å². The van der Waals surface area contributed by atoms with Crippen LogP contribution >= 0.6 is 24.0 Å². The molecule has 7 nitrogen and oxygen atoms in total. The Morgan fingerprint density at radius 1 is 1.19 bits per heavy atom. The molecule has 1 rings (SSSR count). The number of aliphatic imine (C=N–C) groups is 1. The summed E-state index contributed by atoms with van der Waals surface area (Å²) in [4.78, 5) is 6.60. The molecule has 0 radical (unpaired) electrons. The Morgan fingerprint density at radius 2 is 1.85 bits per heavy atom. The van der Waals surface area contributed by atoms with Crippen LogP contribution in [0.25, 0.3) is 0 Å². The Labute approximate surface area is 177 Å². The molecule has 1 heterocycles. The van der Waals surface area contributed by atoms with Crippen molar-refractivity contribution in [2.45, 2.75) is 52.0 Å². The molecular weight excluding hydrogens is 465 g/mol. The number of sulfonamides is 1. The molecule has 0 atom stereocenters. The highest BCUT2D eigenvalue weighted by molar-refractivity contribution is 14.0. The second-order valence-corrected chi connectivity index (χ2v) is 8.88. The lowest BCUT2D eigenvalue weighted by atomic mass is 10.1. The highest BCUT2D eigenvalue weighted by Crippen LogP contribution is 2.15. The SMILES string of the molecule is CCCCN(C)CCNC(=NC)NC1CCN(S(=O)(=O)CCC)CC1.I. The van der Waals surface area contributed by atoms with Crippen LogP contribution in [0.4, 0.5) is 0 Å². The van der Waals surface area contributed by atoms with Crippen molar-refractivity contribution in [1.82, 2.24) is 19.8 Å². The molecule has 1 aliphatic rings. The normalized spacial score (nSPS) is 17.2. The van der Waals surface area contributed by atoms with Crippen molar-refractivity contribution in [3.8, 4) is 0 Å². The molecule has 0 aromatic heterocycles. The summed E-state index contributed by atoms with van der Waals surface area (Å²) >= 11 is 0. The number of piperidine rings is 1. The summed E-state index contributed by atoms with van der Waals surface area (Å²) in [6, 6.07) is 0.275. The average molecular weight is 503 g/mol. The smallest absolute Gasteiger partial charge is 0.214 e. The van der Waals surface area contributed by atoms with Crippen molar-refractivity contribution >= 4 is 40.0 Å². The van der Waals surface area contributed by atoms with Crippen LogP contribution in [0.1, 0.15) is 46.0 Å². The molecule has 2 N–H and O–H groups in total. The summed E-state index contributed by atoms with van der Waals surface area (Å²) in [6.07, 6.45) is 4.75. The van der Waals surface area contributed by atoms with Crippen LogP contribution in [-0.4, -0.2) is 82.2 Å². The first-order valence-electron chi connectivity index (χ1n) is 9.56. The molecule has 9 heteroatoms. The summed E-state index contributed by atoms with van der Waals surface area (Å²) in [6.45, 7) is 8.25. The fraction of sp³-hybridized carbons (Fsp3) is 0.941. The Hall–Kier alpha value is -0.130. The molecule has 0 aromatic carbocycles. The van der Waals surface area contributed by atoms with Crippen LogP contribution in [0.5, 0.6) is 0 Å². The van der Waals surface area contributed by atoms with Crippen LogP contribution in [-0.2, 0) is 10.0 Å². The van der Waals surface area contributed by atoms with Gasteiger partial charge in [0, 0.05) is 39.3 Å². The van der Waals surface area contributed by atoms with Crippen LogP contribution in [0.2, 0.25) is 0 Å².